The highest BCUT2D eigenvalue weighted by Gasteiger charge is 2.20. The molecule has 1 amide bonds. The molecule has 8 heteroatoms. The summed E-state index contributed by atoms with van der Waals surface area (Å²) in [6, 6.07) is 5.65. The summed E-state index contributed by atoms with van der Waals surface area (Å²) in [4.78, 5) is 16.3. The van der Waals surface area contributed by atoms with Crippen molar-refractivity contribution >= 4 is 18.3 Å². The third-order valence-corrected chi connectivity index (χ3v) is 3.56. The summed E-state index contributed by atoms with van der Waals surface area (Å²) in [7, 11) is 0. The lowest BCUT2D eigenvalue weighted by molar-refractivity contribution is -0.125. The van der Waals surface area contributed by atoms with E-state index in [-0.39, 0.29) is 30.2 Å². The third kappa shape index (κ3) is 4.77. The Morgan fingerprint density at radius 1 is 1.38 bits per heavy atom. The average Bonchev–Trinajstić information content (AvgIpc) is 3.05. The van der Waals surface area contributed by atoms with E-state index < -0.39 is 0 Å². The molecule has 2 N–H and O–H groups in total. The molecule has 24 heavy (non-hydrogen) atoms. The quantitative estimate of drug-likeness (QED) is 0.851. The minimum atomic E-state index is -0.302. The van der Waals surface area contributed by atoms with E-state index in [4.69, 9.17) is 9.15 Å². The van der Waals surface area contributed by atoms with Gasteiger partial charge in [-0.3, -0.25) is 4.79 Å². The maximum Gasteiger partial charge on any atom is 0.239 e. The molecular formula is C16H19ClFN3O3. The SMILES string of the molecule is Cl.O=C(NCCc1coc(-c2ccc(F)cc2)n1)C1COCCN1. The van der Waals surface area contributed by atoms with Crippen molar-refractivity contribution in [3.63, 3.8) is 0 Å². The van der Waals surface area contributed by atoms with Gasteiger partial charge in [0.05, 0.1) is 18.9 Å². The monoisotopic (exact) mass is 355 g/mol. The lowest BCUT2D eigenvalue weighted by Gasteiger charge is -2.22. The van der Waals surface area contributed by atoms with E-state index in [1.165, 1.54) is 12.1 Å². The van der Waals surface area contributed by atoms with Gasteiger partial charge in [-0.2, -0.15) is 0 Å². The number of benzene rings is 1. The molecule has 3 rings (SSSR count). The zero-order valence-electron chi connectivity index (χ0n) is 13.0. The Morgan fingerprint density at radius 3 is 2.88 bits per heavy atom. The summed E-state index contributed by atoms with van der Waals surface area (Å²) < 4.78 is 23.5. The average molecular weight is 356 g/mol. The van der Waals surface area contributed by atoms with E-state index in [0.29, 0.717) is 44.2 Å². The maximum absolute atomic E-state index is 12.9. The zero-order chi connectivity index (χ0) is 16.1. The van der Waals surface area contributed by atoms with E-state index in [0.717, 1.165) is 5.69 Å². The Kier molecular flexibility index (Phi) is 6.72. The van der Waals surface area contributed by atoms with Crippen molar-refractivity contribution in [3.8, 4) is 11.5 Å². The van der Waals surface area contributed by atoms with Crippen LogP contribution in [0.5, 0.6) is 0 Å². The summed E-state index contributed by atoms with van der Waals surface area (Å²) in [5.74, 6) is 0.0594. The number of nitrogens with one attached hydrogen (secondary N) is 2. The highest BCUT2D eigenvalue weighted by atomic mass is 35.5. The topological polar surface area (TPSA) is 76.4 Å². The van der Waals surface area contributed by atoms with E-state index in [9.17, 15) is 9.18 Å². The molecule has 0 bridgehead atoms. The first-order chi connectivity index (χ1) is 11.2. The second-order valence-electron chi connectivity index (χ2n) is 5.27. The number of amides is 1. The van der Waals surface area contributed by atoms with Crippen molar-refractivity contribution in [3.05, 3.63) is 42.0 Å². The van der Waals surface area contributed by atoms with Gasteiger partial charge in [0.15, 0.2) is 0 Å². The summed E-state index contributed by atoms with van der Waals surface area (Å²) in [6.07, 6.45) is 2.11. The number of ether oxygens (including phenoxy) is 1. The number of hydrogen-bond donors (Lipinski definition) is 2. The number of carbonyl (C=O) groups excluding carboxylic acids is 1. The Labute approximate surface area is 145 Å². The molecule has 6 nitrogen and oxygen atoms in total. The fourth-order valence-electron chi connectivity index (χ4n) is 2.32. The number of hydrogen-bond acceptors (Lipinski definition) is 5. The first-order valence-electron chi connectivity index (χ1n) is 7.51. The van der Waals surface area contributed by atoms with Gasteiger partial charge in [0.2, 0.25) is 11.8 Å². The van der Waals surface area contributed by atoms with Crippen molar-refractivity contribution in [2.45, 2.75) is 12.5 Å². The predicted octanol–water partition coefficient (Wildman–Crippen LogP) is 1.55. The summed E-state index contributed by atoms with van der Waals surface area (Å²) in [5, 5.41) is 5.94. The van der Waals surface area contributed by atoms with Crippen molar-refractivity contribution in [1.29, 1.82) is 0 Å². The predicted molar refractivity (Wildman–Crippen MR) is 88.5 cm³/mol. The van der Waals surface area contributed by atoms with Crippen LogP contribution >= 0.6 is 12.4 Å². The number of rotatable bonds is 5. The van der Waals surface area contributed by atoms with Crippen LogP contribution in [-0.2, 0) is 16.0 Å². The number of halogens is 2. The molecule has 1 unspecified atom stereocenters. The number of nitrogens with zero attached hydrogens (tertiary/aromatic N) is 1. The standard InChI is InChI=1S/C16H18FN3O3.ClH/c17-12-3-1-11(2-4-12)16-20-13(9-23-16)5-6-19-15(21)14-10-22-8-7-18-14;/h1-4,9,14,18H,5-8,10H2,(H,19,21);1H. The van der Waals surface area contributed by atoms with Crippen LogP contribution in [-0.4, -0.2) is 43.2 Å². The van der Waals surface area contributed by atoms with Gasteiger partial charge in [-0.1, -0.05) is 0 Å². The van der Waals surface area contributed by atoms with E-state index in [1.807, 2.05) is 0 Å². The minimum Gasteiger partial charge on any atom is -0.444 e. The van der Waals surface area contributed by atoms with Crippen molar-refractivity contribution < 1.29 is 18.3 Å². The van der Waals surface area contributed by atoms with Crippen LogP contribution in [0.15, 0.2) is 34.9 Å². The number of oxazole rings is 1. The maximum atomic E-state index is 12.9. The molecule has 2 heterocycles. The first-order valence-corrected chi connectivity index (χ1v) is 7.51. The Bertz CT molecular complexity index is 657. The second kappa shape index (κ2) is 8.77. The van der Waals surface area contributed by atoms with Crippen LogP contribution in [0.4, 0.5) is 4.39 Å². The van der Waals surface area contributed by atoms with Gasteiger partial charge < -0.3 is 19.8 Å². The molecular weight excluding hydrogens is 337 g/mol. The lowest BCUT2D eigenvalue weighted by Crippen LogP contribution is -2.51. The van der Waals surface area contributed by atoms with Gasteiger partial charge in [0.1, 0.15) is 18.1 Å². The molecule has 0 aliphatic carbocycles. The van der Waals surface area contributed by atoms with Gasteiger partial charge in [-0.15, -0.1) is 12.4 Å². The molecule has 1 aromatic carbocycles. The van der Waals surface area contributed by atoms with E-state index >= 15 is 0 Å². The van der Waals surface area contributed by atoms with Crippen molar-refractivity contribution in [2.24, 2.45) is 0 Å². The first kappa shape index (κ1) is 18.4. The van der Waals surface area contributed by atoms with Gasteiger partial charge >= 0.3 is 0 Å². The smallest absolute Gasteiger partial charge is 0.239 e. The van der Waals surface area contributed by atoms with Crippen molar-refractivity contribution in [2.75, 3.05) is 26.3 Å². The summed E-state index contributed by atoms with van der Waals surface area (Å²) >= 11 is 0. The van der Waals surface area contributed by atoms with Crippen LogP contribution in [0, 0.1) is 5.82 Å². The fourth-order valence-corrected chi connectivity index (χ4v) is 2.32. The van der Waals surface area contributed by atoms with E-state index in [2.05, 4.69) is 15.6 Å². The highest BCUT2D eigenvalue weighted by Crippen LogP contribution is 2.18. The van der Waals surface area contributed by atoms with Gasteiger partial charge in [0, 0.05) is 25.1 Å². The molecule has 0 spiro atoms. The second-order valence-corrected chi connectivity index (χ2v) is 5.27. The van der Waals surface area contributed by atoms with Crippen LogP contribution in [0.25, 0.3) is 11.5 Å². The zero-order valence-corrected chi connectivity index (χ0v) is 13.8. The third-order valence-electron chi connectivity index (χ3n) is 3.56. The molecule has 0 saturated carbocycles. The molecule has 1 fully saturated rings. The van der Waals surface area contributed by atoms with Gasteiger partial charge in [-0.05, 0) is 24.3 Å². The molecule has 130 valence electrons. The van der Waals surface area contributed by atoms with Crippen LogP contribution in [0.2, 0.25) is 0 Å². The van der Waals surface area contributed by atoms with Crippen LogP contribution in [0.3, 0.4) is 0 Å². The van der Waals surface area contributed by atoms with Gasteiger partial charge in [0.25, 0.3) is 0 Å². The largest absolute Gasteiger partial charge is 0.444 e. The van der Waals surface area contributed by atoms with Crippen LogP contribution in [0.1, 0.15) is 5.69 Å². The van der Waals surface area contributed by atoms with Crippen molar-refractivity contribution in [1.82, 2.24) is 15.6 Å². The molecule has 1 aliphatic heterocycles. The molecule has 1 aliphatic rings. The summed E-state index contributed by atoms with van der Waals surface area (Å²) in [5.41, 5.74) is 1.45. The lowest BCUT2D eigenvalue weighted by atomic mass is 10.2. The minimum absolute atomic E-state index is 0. The van der Waals surface area contributed by atoms with Crippen LogP contribution < -0.4 is 10.6 Å². The number of aromatic nitrogens is 1. The molecule has 2 aromatic rings. The van der Waals surface area contributed by atoms with E-state index in [1.54, 1.807) is 18.4 Å². The van der Waals surface area contributed by atoms with Gasteiger partial charge in [-0.25, -0.2) is 9.37 Å². The number of carbonyl (C=O) groups is 1. The molecule has 1 aromatic heterocycles. The molecule has 1 atom stereocenters. The normalized spacial score (nSPS) is 17.1. The molecule has 1 saturated heterocycles. The number of morpholine rings is 1. The molecule has 0 radical (unpaired) electrons. The summed E-state index contributed by atoms with van der Waals surface area (Å²) in [6.45, 7) is 2.17. The Balaban J connectivity index is 0.00000208. The fraction of sp³-hybridized carbons (Fsp3) is 0.375. The highest BCUT2D eigenvalue weighted by molar-refractivity contribution is 5.85. The Hall–Kier alpha value is -1.96. The Morgan fingerprint density at radius 2 is 2.17 bits per heavy atom.